The fourth-order valence-corrected chi connectivity index (χ4v) is 6.63. The van der Waals surface area contributed by atoms with E-state index in [0.717, 1.165) is 26.7 Å². The van der Waals surface area contributed by atoms with Gasteiger partial charge in [0, 0.05) is 10.4 Å². The van der Waals surface area contributed by atoms with Crippen molar-refractivity contribution in [1.82, 2.24) is 0 Å². The smallest absolute Gasteiger partial charge is 0.239 e. The Bertz CT molecular complexity index is 1270. The minimum atomic E-state index is -1.15. The van der Waals surface area contributed by atoms with Crippen LogP contribution in [0.5, 0.6) is 0 Å². The van der Waals surface area contributed by atoms with E-state index in [1.54, 1.807) is 25.1 Å². The van der Waals surface area contributed by atoms with Gasteiger partial charge >= 0.3 is 0 Å². The molecule has 7 rings (SSSR count). The third-order valence-electron chi connectivity index (χ3n) is 7.24. The first-order valence-electron chi connectivity index (χ1n) is 10.3. The summed E-state index contributed by atoms with van der Waals surface area (Å²) in [6.45, 7) is 1.55. The summed E-state index contributed by atoms with van der Waals surface area (Å²) in [6, 6.07) is 22.8. The van der Waals surface area contributed by atoms with Gasteiger partial charge in [0.25, 0.3) is 0 Å². The summed E-state index contributed by atoms with van der Waals surface area (Å²) >= 11 is 3.44. The maximum atomic E-state index is 13.9. The highest BCUT2D eigenvalue weighted by molar-refractivity contribution is 9.10. The van der Waals surface area contributed by atoms with E-state index in [1.807, 2.05) is 54.6 Å². The number of benzene rings is 3. The van der Waals surface area contributed by atoms with Crippen LogP contribution in [0, 0.1) is 11.8 Å². The molecule has 3 aromatic carbocycles. The predicted molar refractivity (Wildman–Crippen MR) is 120 cm³/mol. The quantitative estimate of drug-likeness (QED) is 0.513. The third kappa shape index (κ3) is 2.12. The van der Waals surface area contributed by atoms with Crippen LogP contribution in [-0.4, -0.2) is 17.6 Å². The van der Waals surface area contributed by atoms with Crippen molar-refractivity contribution >= 4 is 39.2 Å². The first-order chi connectivity index (χ1) is 15.0. The van der Waals surface area contributed by atoms with Gasteiger partial charge in [-0.2, -0.15) is 0 Å². The maximum Gasteiger partial charge on any atom is 0.239 e. The van der Waals surface area contributed by atoms with E-state index in [-0.39, 0.29) is 23.5 Å². The van der Waals surface area contributed by atoms with Gasteiger partial charge in [-0.05, 0) is 47.4 Å². The summed E-state index contributed by atoms with van der Waals surface area (Å²) < 4.78 is 0.788. The highest BCUT2D eigenvalue weighted by Crippen LogP contribution is 2.64. The lowest BCUT2D eigenvalue weighted by atomic mass is 9.46. The van der Waals surface area contributed by atoms with Gasteiger partial charge in [0.1, 0.15) is 5.78 Å². The molecule has 0 radical (unpaired) electrons. The van der Waals surface area contributed by atoms with Crippen molar-refractivity contribution in [2.75, 3.05) is 4.90 Å². The summed E-state index contributed by atoms with van der Waals surface area (Å²) in [7, 11) is 0. The molecule has 0 unspecified atom stereocenters. The van der Waals surface area contributed by atoms with Crippen LogP contribution < -0.4 is 4.90 Å². The number of halogens is 1. The molecule has 1 aliphatic heterocycles. The third-order valence-corrected chi connectivity index (χ3v) is 7.73. The minimum absolute atomic E-state index is 0.0993. The number of amides is 2. The molecule has 3 aliphatic carbocycles. The fraction of sp³-hybridized carbons (Fsp3) is 0.192. The molecule has 0 aromatic heterocycles. The summed E-state index contributed by atoms with van der Waals surface area (Å²) in [5, 5.41) is 0. The lowest BCUT2D eigenvalue weighted by molar-refractivity contribution is -0.132. The zero-order valence-electron chi connectivity index (χ0n) is 16.7. The largest absolute Gasteiger partial charge is 0.299 e. The number of ketones is 1. The second-order valence-corrected chi connectivity index (χ2v) is 9.43. The zero-order valence-corrected chi connectivity index (χ0v) is 18.3. The summed E-state index contributed by atoms with van der Waals surface area (Å²) in [4.78, 5) is 42.5. The van der Waals surface area contributed by atoms with Crippen molar-refractivity contribution in [1.29, 1.82) is 0 Å². The molecule has 152 valence electrons. The van der Waals surface area contributed by atoms with Crippen LogP contribution in [-0.2, 0) is 19.8 Å². The lowest BCUT2D eigenvalue weighted by Gasteiger charge is -2.52. The van der Waals surface area contributed by atoms with Crippen molar-refractivity contribution in [3.63, 3.8) is 0 Å². The fourth-order valence-electron chi connectivity index (χ4n) is 6.24. The predicted octanol–water partition coefficient (Wildman–Crippen LogP) is 4.59. The number of imide groups is 1. The number of carbonyl (C=O) groups is 3. The SMILES string of the molecule is CC(=O)C12c3ccccc3C(c3ccccc31)[C@@H]1C(=O)N(c3cccc(Br)c3)C(=O)[C@@H]12. The molecule has 2 bridgehead atoms. The van der Waals surface area contributed by atoms with Crippen LogP contribution in [0.3, 0.4) is 0 Å². The first kappa shape index (κ1) is 18.7. The molecule has 5 heteroatoms. The molecular formula is C26H18BrNO3. The number of nitrogens with zero attached hydrogens (tertiary/aromatic N) is 1. The lowest BCUT2D eigenvalue weighted by Crippen LogP contribution is -2.57. The Hall–Kier alpha value is -3.05. The van der Waals surface area contributed by atoms with Crippen molar-refractivity contribution in [3.8, 4) is 0 Å². The Labute approximate surface area is 188 Å². The number of carbonyl (C=O) groups excluding carboxylic acids is 3. The van der Waals surface area contributed by atoms with E-state index in [4.69, 9.17) is 0 Å². The van der Waals surface area contributed by atoms with Gasteiger partial charge in [0.2, 0.25) is 11.8 Å². The van der Waals surface area contributed by atoms with Crippen molar-refractivity contribution < 1.29 is 14.4 Å². The monoisotopic (exact) mass is 471 g/mol. The van der Waals surface area contributed by atoms with Crippen LogP contribution >= 0.6 is 15.9 Å². The Morgan fingerprint density at radius 2 is 1.48 bits per heavy atom. The van der Waals surface area contributed by atoms with E-state index in [9.17, 15) is 14.4 Å². The van der Waals surface area contributed by atoms with Crippen LogP contribution in [0.15, 0.2) is 77.3 Å². The Morgan fingerprint density at radius 1 is 0.871 bits per heavy atom. The highest BCUT2D eigenvalue weighted by atomic mass is 79.9. The van der Waals surface area contributed by atoms with Gasteiger partial charge in [-0.1, -0.05) is 70.5 Å². The molecule has 2 atom stereocenters. The van der Waals surface area contributed by atoms with Crippen molar-refractivity contribution in [2.24, 2.45) is 11.8 Å². The molecular weight excluding hydrogens is 454 g/mol. The van der Waals surface area contributed by atoms with E-state index in [1.165, 1.54) is 4.90 Å². The molecule has 4 aliphatic rings. The van der Waals surface area contributed by atoms with Crippen LogP contribution in [0.4, 0.5) is 5.69 Å². The standard InChI is InChI=1S/C26H18BrNO3/c1-14(29)26-19-11-4-2-9-17(19)21(18-10-3-5-12-20(18)26)22-23(26)25(31)28(24(22)30)16-8-6-7-15(27)13-16/h2-13,21-23H,1H3/t21?,22-,23+,26?/m0/s1. The molecule has 31 heavy (non-hydrogen) atoms. The maximum absolute atomic E-state index is 13.9. The average Bonchev–Trinajstić information content (AvgIpc) is 3.04. The number of hydrogen-bond acceptors (Lipinski definition) is 3. The van der Waals surface area contributed by atoms with Gasteiger partial charge in [-0.3, -0.25) is 14.4 Å². The van der Waals surface area contributed by atoms with Crippen molar-refractivity contribution in [2.45, 2.75) is 18.3 Å². The van der Waals surface area contributed by atoms with E-state index >= 15 is 0 Å². The molecule has 4 nitrogen and oxygen atoms in total. The van der Waals surface area contributed by atoms with Gasteiger partial charge in [-0.15, -0.1) is 0 Å². The Kier molecular flexibility index (Phi) is 3.76. The van der Waals surface area contributed by atoms with Crippen LogP contribution in [0.1, 0.15) is 35.1 Å². The van der Waals surface area contributed by atoms with Crippen LogP contribution in [0.2, 0.25) is 0 Å². The minimum Gasteiger partial charge on any atom is -0.299 e. The summed E-state index contributed by atoms with van der Waals surface area (Å²) in [5.74, 6) is -2.21. The molecule has 0 saturated carbocycles. The van der Waals surface area contributed by atoms with E-state index in [0.29, 0.717) is 5.69 Å². The molecule has 2 amide bonds. The molecule has 3 aromatic rings. The average molecular weight is 472 g/mol. The second-order valence-electron chi connectivity index (χ2n) is 8.51. The number of rotatable bonds is 2. The Morgan fingerprint density at radius 3 is 2.06 bits per heavy atom. The van der Waals surface area contributed by atoms with Gasteiger partial charge in [0.05, 0.1) is 22.9 Å². The molecule has 1 heterocycles. The van der Waals surface area contributed by atoms with Crippen molar-refractivity contribution in [3.05, 3.63) is 99.5 Å². The molecule has 1 saturated heterocycles. The van der Waals surface area contributed by atoms with Gasteiger partial charge in [0.15, 0.2) is 0 Å². The summed E-state index contributed by atoms with van der Waals surface area (Å²) in [5.41, 5.74) is 3.07. The number of hydrogen-bond donors (Lipinski definition) is 0. The molecule has 0 N–H and O–H groups in total. The van der Waals surface area contributed by atoms with Gasteiger partial charge < -0.3 is 0 Å². The Balaban J connectivity index is 1.68. The topological polar surface area (TPSA) is 54.5 Å². The highest BCUT2D eigenvalue weighted by Gasteiger charge is 2.69. The van der Waals surface area contributed by atoms with Crippen LogP contribution in [0.25, 0.3) is 0 Å². The van der Waals surface area contributed by atoms with E-state index in [2.05, 4.69) is 15.9 Å². The molecule has 0 spiro atoms. The zero-order chi connectivity index (χ0) is 21.5. The second kappa shape index (κ2) is 6.24. The van der Waals surface area contributed by atoms with E-state index < -0.39 is 17.3 Å². The number of anilines is 1. The summed E-state index contributed by atoms with van der Waals surface area (Å²) in [6.07, 6.45) is 0. The first-order valence-corrected chi connectivity index (χ1v) is 11.1. The molecule has 1 fully saturated rings. The van der Waals surface area contributed by atoms with Gasteiger partial charge in [-0.25, -0.2) is 4.90 Å². The normalized spacial score (nSPS) is 27.7. The number of Topliss-reactive ketones (excluding diaryl/α,β-unsaturated/α-hetero) is 1.